The number of para-hydroxylation sites is 1. The van der Waals surface area contributed by atoms with Crippen molar-refractivity contribution in [3.8, 4) is 5.75 Å². The lowest BCUT2D eigenvalue weighted by atomic mass is 10.0. The Bertz CT molecular complexity index is 832. The summed E-state index contributed by atoms with van der Waals surface area (Å²) >= 11 is 0. The number of nitrogens with one attached hydrogen (secondary N) is 2. The van der Waals surface area contributed by atoms with Gasteiger partial charge in [-0.3, -0.25) is 9.59 Å². The average Bonchev–Trinajstić information content (AvgIpc) is 2.71. The number of amides is 2. The topological polar surface area (TPSA) is 79.8 Å². The van der Waals surface area contributed by atoms with Crippen molar-refractivity contribution in [2.75, 3.05) is 6.61 Å². The van der Waals surface area contributed by atoms with Crippen LogP contribution in [0.3, 0.4) is 0 Å². The molecule has 0 saturated heterocycles. The second-order valence-corrected chi connectivity index (χ2v) is 6.43. The molecule has 0 aliphatic rings. The third-order valence-corrected chi connectivity index (χ3v) is 3.93. The lowest BCUT2D eigenvalue weighted by Crippen LogP contribution is -2.48. The summed E-state index contributed by atoms with van der Waals surface area (Å²) in [5.41, 5.74) is 3.71. The first-order valence-corrected chi connectivity index (χ1v) is 9.04. The van der Waals surface area contributed by atoms with Gasteiger partial charge < -0.3 is 10.1 Å². The van der Waals surface area contributed by atoms with E-state index in [-0.39, 0.29) is 17.7 Å². The van der Waals surface area contributed by atoms with Gasteiger partial charge in [0.05, 0.1) is 6.21 Å². The summed E-state index contributed by atoms with van der Waals surface area (Å²) in [6.45, 7) is 7.71. The van der Waals surface area contributed by atoms with Gasteiger partial charge in [0.15, 0.2) is 0 Å². The highest BCUT2D eigenvalue weighted by Crippen LogP contribution is 2.15. The quantitative estimate of drug-likeness (QED) is 0.399. The normalized spacial score (nSPS) is 11.8. The standard InChI is InChI=1S/C22H25N3O3/c1-4-14-28-19-13-9-8-12-18(19)15-23-25-22(27)20(16(2)3)24-21(26)17-10-6-5-7-11-17/h4-13,15-16,20H,1,14H2,2-3H3,(H,24,26)(H,25,27)/b23-15+. The van der Waals surface area contributed by atoms with Gasteiger partial charge in [0.1, 0.15) is 18.4 Å². The predicted molar refractivity (Wildman–Crippen MR) is 110 cm³/mol. The molecule has 2 aromatic rings. The van der Waals surface area contributed by atoms with Crippen LogP contribution in [0.25, 0.3) is 0 Å². The minimum atomic E-state index is -0.711. The van der Waals surface area contributed by atoms with Gasteiger partial charge in [0.25, 0.3) is 11.8 Å². The first kappa shape index (κ1) is 20.9. The highest BCUT2D eigenvalue weighted by atomic mass is 16.5. The number of carbonyl (C=O) groups excluding carboxylic acids is 2. The molecule has 6 heteroatoms. The molecular formula is C22H25N3O3. The maximum Gasteiger partial charge on any atom is 0.262 e. The zero-order valence-corrected chi connectivity index (χ0v) is 16.1. The van der Waals surface area contributed by atoms with E-state index in [1.807, 2.05) is 44.2 Å². The van der Waals surface area contributed by atoms with Gasteiger partial charge in [-0.1, -0.05) is 56.8 Å². The van der Waals surface area contributed by atoms with Crippen molar-refractivity contribution in [2.45, 2.75) is 19.9 Å². The minimum absolute atomic E-state index is 0.105. The van der Waals surface area contributed by atoms with E-state index >= 15 is 0 Å². The van der Waals surface area contributed by atoms with Crippen LogP contribution in [0.4, 0.5) is 0 Å². The molecule has 0 bridgehead atoms. The van der Waals surface area contributed by atoms with Gasteiger partial charge in [0, 0.05) is 11.1 Å². The molecule has 0 spiro atoms. The minimum Gasteiger partial charge on any atom is -0.489 e. The Labute approximate surface area is 165 Å². The molecule has 0 fully saturated rings. The molecule has 0 aromatic heterocycles. The molecule has 2 amide bonds. The van der Waals surface area contributed by atoms with Crippen LogP contribution in [0.1, 0.15) is 29.8 Å². The van der Waals surface area contributed by atoms with Crippen molar-refractivity contribution in [2.24, 2.45) is 11.0 Å². The summed E-state index contributed by atoms with van der Waals surface area (Å²) in [4.78, 5) is 24.9. The lowest BCUT2D eigenvalue weighted by Gasteiger charge is -2.20. The molecule has 6 nitrogen and oxygen atoms in total. The van der Waals surface area contributed by atoms with Crippen LogP contribution >= 0.6 is 0 Å². The molecule has 0 aliphatic carbocycles. The van der Waals surface area contributed by atoms with Crippen molar-refractivity contribution in [3.05, 3.63) is 78.4 Å². The van der Waals surface area contributed by atoms with Crippen LogP contribution in [-0.2, 0) is 4.79 Å². The van der Waals surface area contributed by atoms with E-state index < -0.39 is 6.04 Å². The van der Waals surface area contributed by atoms with Gasteiger partial charge >= 0.3 is 0 Å². The van der Waals surface area contributed by atoms with Crippen LogP contribution in [0.5, 0.6) is 5.75 Å². The summed E-state index contributed by atoms with van der Waals surface area (Å²) in [5.74, 6) is -0.161. The van der Waals surface area contributed by atoms with Crippen LogP contribution < -0.4 is 15.5 Å². The van der Waals surface area contributed by atoms with E-state index in [0.29, 0.717) is 17.9 Å². The molecule has 1 unspecified atom stereocenters. The summed E-state index contributed by atoms with van der Waals surface area (Å²) in [5, 5.41) is 6.77. The molecule has 0 heterocycles. The number of hydrazone groups is 1. The Morgan fingerprint density at radius 3 is 2.46 bits per heavy atom. The first-order chi connectivity index (χ1) is 13.5. The van der Waals surface area contributed by atoms with Crippen LogP contribution in [0.2, 0.25) is 0 Å². The summed E-state index contributed by atoms with van der Waals surface area (Å²) in [6, 6.07) is 15.4. The molecule has 2 aromatic carbocycles. The SMILES string of the molecule is C=CCOc1ccccc1/C=N/NC(=O)C(NC(=O)c1ccccc1)C(C)C. The molecular weight excluding hydrogens is 354 g/mol. The van der Waals surface area contributed by atoms with Crippen LogP contribution in [-0.4, -0.2) is 30.7 Å². The van der Waals surface area contributed by atoms with Crippen LogP contribution in [0.15, 0.2) is 72.4 Å². The van der Waals surface area contributed by atoms with E-state index in [4.69, 9.17) is 4.74 Å². The fourth-order valence-corrected chi connectivity index (χ4v) is 2.45. The van der Waals surface area contributed by atoms with E-state index in [1.165, 1.54) is 6.21 Å². The maximum absolute atomic E-state index is 12.5. The molecule has 0 aliphatic heterocycles. The van der Waals surface area contributed by atoms with Crippen molar-refractivity contribution < 1.29 is 14.3 Å². The van der Waals surface area contributed by atoms with Gasteiger partial charge in [0.2, 0.25) is 0 Å². The molecule has 0 radical (unpaired) electrons. The van der Waals surface area contributed by atoms with Crippen molar-refractivity contribution in [3.63, 3.8) is 0 Å². The number of hydrogen-bond acceptors (Lipinski definition) is 4. The predicted octanol–water partition coefficient (Wildman–Crippen LogP) is 3.16. The Balaban J connectivity index is 2.02. The molecule has 28 heavy (non-hydrogen) atoms. The third-order valence-electron chi connectivity index (χ3n) is 3.93. The first-order valence-electron chi connectivity index (χ1n) is 9.04. The van der Waals surface area contributed by atoms with Crippen molar-refractivity contribution in [1.29, 1.82) is 0 Å². The highest BCUT2D eigenvalue weighted by molar-refractivity contribution is 5.97. The second-order valence-electron chi connectivity index (χ2n) is 6.43. The maximum atomic E-state index is 12.5. The molecule has 1 atom stereocenters. The highest BCUT2D eigenvalue weighted by Gasteiger charge is 2.24. The second kappa shape index (κ2) is 10.7. The smallest absolute Gasteiger partial charge is 0.262 e. The van der Waals surface area contributed by atoms with E-state index in [1.54, 1.807) is 30.3 Å². The van der Waals surface area contributed by atoms with E-state index in [0.717, 1.165) is 5.56 Å². The molecule has 146 valence electrons. The largest absolute Gasteiger partial charge is 0.489 e. The van der Waals surface area contributed by atoms with E-state index in [2.05, 4.69) is 22.4 Å². The Morgan fingerprint density at radius 1 is 1.11 bits per heavy atom. The Kier molecular flexibility index (Phi) is 7.96. The lowest BCUT2D eigenvalue weighted by molar-refractivity contribution is -0.123. The van der Waals surface area contributed by atoms with Gasteiger partial charge in [-0.25, -0.2) is 5.43 Å². The number of rotatable bonds is 9. The zero-order valence-electron chi connectivity index (χ0n) is 16.1. The zero-order chi connectivity index (χ0) is 20.4. The van der Waals surface area contributed by atoms with Gasteiger partial charge in [-0.2, -0.15) is 5.10 Å². The molecule has 0 saturated carbocycles. The van der Waals surface area contributed by atoms with Crippen LogP contribution in [0, 0.1) is 5.92 Å². The third kappa shape index (κ3) is 6.09. The van der Waals surface area contributed by atoms with Gasteiger partial charge in [-0.05, 0) is 30.2 Å². The number of nitrogens with zero attached hydrogens (tertiary/aromatic N) is 1. The van der Waals surface area contributed by atoms with Crippen molar-refractivity contribution >= 4 is 18.0 Å². The average molecular weight is 379 g/mol. The number of carbonyl (C=O) groups is 2. The number of benzene rings is 2. The number of hydrogen-bond donors (Lipinski definition) is 2. The Hall–Kier alpha value is -3.41. The molecule has 2 N–H and O–H groups in total. The van der Waals surface area contributed by atoms with Crippen molar-refractivity contribution in [1.82, 2.24) is 10.7 Å². The monoisotopic (exact) mass is 379 g/mol. The summed E-state index contributed by atoms with van der Waals surface area (Å²) in [6.07, 6.45) is 3.16. The van der Waals surface area contributed by atoms with Gasteiger partial charge in [-0.15, -0.1) is 0 Å². The molecule has 2 rings (SSSR count). The fraction of sp³-hybridized carbons (Fsp3) is 0.227. The summed E-state index contributed by atoms with van der Waals surface area (Å²) in [7, 11) is 0. The summed E-state index contributed by atoms with van der Waals surface area (Å²) < 4.78 is 5.55. The number of ether oxygens (including phenoxy) is 1. The Morgan fingerprint density at radius 2 is 1.79 bits per heavy atom. The van der Waals surface area contributed by atoms with E-state index in [9.17, 15) is 9.59 Å². The fourth-order valence-electron chi connectivity index (χ4n) is 2.45.